The van der Waals surface area contributed by atoms with Crippen LogP contribution in [-0.4, -0.2) is 32.1 Å². The number of benzene rings is 1. The van der Waals surface area contributed by atoms with E-state index in [0.717, 1.165) is 31.6 Å². The normalized spacial score (nSPS) is 16.2. The van der Waals surface area contributed by atoms with Crippen LogP contribution in [0.2, 0.25) is 0 Å². The Hall–Kier alpha value is -2.04. The molecule has 5 heteroatoms. The van der Waals surface area contributed by atoms with E-state index >= 15 is 0 Å². The molecule has 0 aliphatic carbocycles. The number of anilines is 1. The lowest BCUT2D eigenvalue weighted by Crippen LogP contribution is -2.39. The topological polar surface area (TPSA) is 72.6 Å². The van der Waals surface area contributed by atoms with Crippen LogP contribution in [0.1, 0.15) is 23.2 Å². The summed E-state index contributed by atoms with van der Waals surface area (Å²) >= 11 is 0. The first-order valence-corrected chi connectivity index (χ1v) is 6.35. The Balaban J connectivity index is 2.15. The fourth-order valence-electron chi connectivity index (χ4n) is 2.44. The van der Waals surface area contributed by atoms with Crippen LogP contribution in [0.4, 0.5) is 5.69 Å². The molecular formula is C14H18N2O3. The number of carbonyl (C=O) groups is 2. The van der Waals surface area contributed by atoms with Gasteiger partial charge < -0.3 is 15.4 Å². The number of amides is 1. The van der Waals surface area contributed by atoms with Gasteiger partial charge in [-0.1, -0.05) is 12.1 Å². The standard InChI is InChI=1S/C14H18N2O3/c1-19-14(18)11-4-2-3-5-12(11)16-8-6-10(7-9-16)13(15)17/h2-5,10H,6-9H2,1H3,(H2,15,17). The van der Waals surface area contributed by atoms with Gasteiger partial charge in [-0.3, -0.25) is 4.79 Å². The molecule has 1 fully saturated rings. The number of rotatable bonds is 3. The Kier molecular flexibility index (Phi) is 4.04. The first kappa shape index (κ1) is 13.4. The molecule has 1 heterocycles. The second-order valence-corrected chi connectivity index (χ2v) is 4.67. The van der Waals surface area contributed by atoms with Gasteiger partial charge in [-0.05, 0) is 25.0 Å². The summed E-state index contributed by atoms with van der Waals surface area (Å²) in [5.74, 6) is -0.630. The Morgan fingerprint density at radius 3 is 2.47 bits per heavy atom. The first-order valence-electron chi connectivity index (χ1n) is 6.35. The van der Waals surface area contributed by atoms with Gasteiger partial charge in [0.25, 0.3) is 0 Å². The number of nitrogens with zero attached hydrogens (tertiary/aromatic N) is 1. The smallest absolute Gasteiger partial charge is 0.339 e. The number of para-hydroxylation sites is 1. The van der Waals surface area contributed by atoms with Crippen molar-refractivity contribution in [2.75, 3.05) is 25.1 Å². The molecule has 1 aliphatic heterocycles. The van der Waals surface area contributed by atoms with Gasteiger partial charge in [0.1, 0.15) is 0 Å². The van der Waals surface area contributed by atoms with Crippen LogP contribution in [0.15, 0.2) is 24.3 Å². The minimum absolute atomic E-state index is 0.0541. The van der Waals surface area contributed by atoms with Crippen molar-refractivity contribution in [2.45, 2.75) is 12.8 Å². The second-order valence-electron chi connectivity index (χ2n) is 4.67. The van der Waals surface area contributed by atoms with Crippen LogP contribution in [0.25, 0.3) is 0 Å². The van der Waals surface area contributed by atoms with Gasteiger partial charge in [-0.2, -0.15) is 0 Å². The van der Waals surface area contributed by atoms with Crippen molar-refractivity contribution in [1.29, 1.82) is 0 Å². The molecule has 1 aliphatic rings. The van der Waals surface area contributed by atoms with E-state index in [1.165, 1.54) is 7.11 Å². The number of esters is 1. The van der Waals surface area contributed by atoms with Crippen molar-refractivity contribution in [3.8, 4) is 0 Å². The molecule has 0 saturated carbocycles. The molecule has 0 unspecified atom stereocenters. The summed E-state index contributed by atoms with van der Waals surface area (Å²) in [6.45, 7) is 1.45. The van der Waals surface area contributed by atoms with Gasteiger partial charge in [-0.15, -0.1) is 0 Å². The van der Waals surface area contributed by atoms with E-state index in [0.29, 0.717) is 5.56 Å². The number of primary amides is 1. The number of ether oxygens (including phenoxy) is 1. The highest BCUT2D eigenvalue weighted by Gasteiger charge is 2.25. The molecule has 0 bridgehead atoms. The molecule has 1 saturated heterocycles. The average molecular weight is 262 g/mol. The molecule has 1 aromatic rings. The molecule has 5 nitrogen and oxygen atoms in total. The van der Waals surface area contributed by atoms with E-state index < -0.39 is 0 Å². The molecule has 0 spiro atoms. The lowest BCUT2D eigenvalue weighted by molar-refractivity contribution is -0.122. The highest BCUT2D eigenvalue weighted by Crippen LogP contribution is 2.26. The zero-order chi connectivity index (χ0) is 13.8. The predicted octanol–water partition coefficient (Wildman–Crippen LogP) is 1.17. The number of carbonyl (C=O) groups excluding carboxylic acids is 2. The minimum Gasteiger partial charge on any atom is -0.465 e. The van der Waals surface area contributed by atoms with Crippen molar-refractivity contribution in [1.82, 2.24) is 0 Å². The van der Waals surface area contributed by atoms with Crippen molar-refractivity contribution >= 4 is 17.6 Å². The Bertz CT molecular complexity index is 479. The number of hydrogen-bond donors (Lipinski definition) is 1. The molecule has 0 aromatic heterocycles. The molecule has 2 rings (SSSR count). The van der Waals surface area contributed by atoms with Crippen molar-refractivity contribution < 1.29 is 14.3 Å². The van der Waals surface area contributed by atoms with Gasteiger partial charge in [0.2, 0.25) is 5.91 Å². The summed E-state index contributed by atoms with van der Waals surface area (Å²) in [4.78, 5) is 25.0. The van der Waals surface area contributed by atoms with E-state index in [-0.39, 0.29) is 17.8 Å². The highest BCUT2D eigenvalue weighted by molar-refractivity contribution is 5.95. The van der Waals surface area contributed by atoms with Crippen molar-refractivity contribution in [3.63, 3.8) is 0 Å². The molecule has 0 atom stereocenters. The molecule has 2 N–H and O–H groups in total. The fraction of sp³-hybridized carbons (Fsp3) is 0.429. The SMILES string of the molecule is COC(=O)c1ccccc1N1CCC(C(N)=O)CC1. The maximum atomic E-state index is 11.7. The van der Waals surface area contributed by atoms with Crippen LogP contribution in [0, 0.1) is 5.92 Å². The van der Waals surface area contributed by atoms with Crippen LogP contribution in [0.5, 0.6) is 0 Å². The van der Waals surface area contributed by atoms with Gasteiger partial charge in [-0.25, -0.2) is 4.79 Å². The molecule has 19 heavy (non-hydrogen) atoms. The summed E-state index contributed by atoms with van der Waals surface area (Å²) in [6, 6.07) is 7.35. The van der Waals surface area contributed by atoms with E-state index in [1.807, 2.05) is 18.2 Å². The molecule has 102 valence electrons. The number of hydrogen-bond acceptors (Lipinski definition) is 4. The second kappa shape index (κ2) is 5.73. The van der Waals surface area contributed by atoms with Gasteiger partial charge in [0.15, 0.2) is 0 Å². The molecule has 1 aromatic carbocycles. The average Bonchev–Trinajstić information content (AvgIpc) is 2.46. The van der Waals surface area contributed by atoms with Crippen LogP contribution < -0.4 is 10.6 Å². The summed E-state index contributed by atoms with van der Waals surface area (Å²) in [5.41, 5.74) is 6.74. The van der Waals surface area contributed by atoms with Crippen LogP contribution >= 0.6 is 0 Å². The number of nitrogens with two attached hydrogens (primary N) is 1. The lowest BCUT2D eigenvalue weighted by Gasteiger charge is -2.33. The summed E-state index contributed by atoms with van der Waals surface area (Å²) in [6.07, 6.45) is 1.45. The molecule has 1 amide bonds. The number of piperidine rings is 1. The quantitative estimate of drug-likeness (QED) is 0.830. The Morgan fingerprint density at radius 2 is 1.89 bits per heavy atom. The van der Waals surface area contributed by atoms with Crippen molar-refractivity contribution in [2.24, 2.45) is 11.7 Å². The van der Waals surface area contributed by atoms with Gasteiger partial charge >= 0.3 is 5.97 Å². The predicted molar refractivity (Wildman–Crippen MR) is 71.9 cm³/mol. The van der Waals surface area contributed by atoms with E-state index in [2.05, 4.69) is 4.90 Å². The zero-order valence-electron chi connectivity index (χ0n) is 11.0. The summed E-state index contributed by atoms with van der Waals surface area (Å²) in [5, 5.41) is 0. The zero-order valence-corrected chi connectivity index (χ0v) is 11.0. The van der Waals surface area contributed by atoms with Crippen LogP contribution in [0.3, 0.4) is 0 Å². The third-order valence-electron chi connectivity index (χ3n) is 3.55. The monoisotopic (exact) mass is 262 g/mol. The Morgan fingerprint density at radius 1 is 1.26 bits per heavy atom. The van der Waals surface area contributed by atoms with Gasteiger partial charge in [0.05, 0.1) is 18.4 Å². The maximum absolute atomic E-state index is 11.7. The third kappa shape index (κ3) is 2.86. The van der Waals surface area contributed by atoms with Crippen LogP contribution in [-0.2, 0) is 9.53 Å². The van der Waals surface area contributed by atoms with E-state index in [4.69, 9.17) is 10.5 Å². The highest BCUT2D eigenvalue weighted by atomic mass is 16.5. The van der Waals surface area contributed by atoms with E-state index in [1.54, 1.807) is 6.07 Å². The van der Waals surface area contributed by atoms with Crippen molar-refractivity contribution in [3.05, 3.63) is 29.8 Å². The Labute approximate surface area is 112 Å². The lowest BCUT2D eigenvalue weighted by atomic mass is 9.95. The largest absolute Gasteiger partial charge is 0.465 e. The first-order chi connectivity index (χ1) is 9.13. The third-order valence-corrected chi connectivity index (χ3v) is 3.55. The van der Waals surface area contributed by atoms with E-state index in [9.17, 15) is 9.59 Å². The number of methoxy groups -OCH3 is 1. The minimum atomic E-state index is -0.340. The molecular weight excluding hydrogens is 244 g/mol. The maximum Gasteiger partial charge on any atom is 0.339 e. The summed E-state index contributed by atoms with van der Waals surface area (Å²) < 4.78 is 4.79. The van der Waals surface area contributed by atoms with Gasteiger partial charge in [0, 0.05) is 19.0 Å². The molecule has 0 radical (unpaired) electrons. The summed E-state index contributed by atoms with van der Waals surface area (Å²) in [7, 11) is 1.37. The fourth-order valence-corrected chi connectivity index (χ4v) is 2.44.